The molecule has 10 heteroatoms. The zero-order valence-corrected chi connectivity index (χ0v) is 17.2. The zero-order valence-electron chi connectivity index (χ0n) is 16.4. The van der Waals surface area contributed by atoms with Gasteiger partial charge in [-0.3, -0.25) is 14.4 Å². The van der Waals surface area contributed by atoms with Gasteiger partial charge in [-0.05, 0) is 45.0 Å². The molecule has 0 bridgehead atoms. The van der Waals surface area contributed by atoms with Crippen LogP contribution in [0.3, 0.4) is 0 Å². The fourth-order valence-corrected chi connectivity index (χ4v) is 2.79. The second-order valence-electron chi connectivity index (χ2n) is 5.93. The van der Waals surface area contributed by atoms with Crippen LogP contribution in [0.4, 0.5) is 11.5 Å². The number of carbonyl (C=O) groups is 3. The molecular weight excluding hydrogens is 398 g/mol. The summed E-state index contributed by atoms with van der Waals surface area (Å²) in [6.07, 6.45) is 0. The Kier molecular flexibility index (Phi) is 8.53. The SMILES string of the molecule is CCOc1ccc(NC(=O)COC(=O)CS[C@@H](C)C(=O)Nc2cc(C)on2)cc1. The summed E-state index contributed by atoms with van der Waals surface area (Å²) < 4.78 is 15.1. The molecular formula is C19H23N3O6S. The first-order valence-electron chi connectivity index (χ1n) is 8.91. The minimum atomic E-state index is -0.589. The van der Waals surface area contributed by atoms with Gasteiger partial charge in [0.05, 0.1) is 17.6 Å². The third kappa shape index (κ3) is 7.86. The molecule has 0 aliphatic heterocycles. The Morgan fingerprint density at radius 2 is 1.93 bits per heavy atom. The van der Waals surface area contributed by atoms with Gasteiger partial charge < -0.3 is 24.6 Å². The predicted octanol–water partition coefficient (Wildman–Crippen LogP) is 2.62. The van der Waals surface area contributed by atoms with Crippen molar-refractivity contribution in [1.29, 1.82) is 0 Å². The molecule has 1 atom stereocenters. The standard InChI is InChI=1S/C19H23N3O6S/c1-4-26-15-7-5-14(6-8-15)20-17(23)10-27-18(24)11-29-13(3)19(25)21-16-9-12(2)28-22-16/h5-9,13H,4,10-11H2,1-3H3,(H,20,23)(H,21,22,25)/t13-/m0/s1. The number of benzene rings is 1. The topological polar surface area (TPSA) is 120 Å². The summed E-state index contributed by atoms with van der Waals surface area (Å²) in [5.41, 5.74) is 0.567. The van der Waals surface area contributed by atoms with Crippen LogP contribution in [0.5, 0.6) is 5.75 Å². The maximum absolute atomic E-state index is 12.0. The number of rotatable bonds is 10. The molecule has 1 aromatic carbocycles. The Labute approximate surface area is 172 Å². The van der Waals surface area contributed by atoms with Crippen molar-refractivity contribution < 1.29 is 28.4 Å². The number of nitrogens with one attached hydrogen (secondary N) is 2. The van der Waals surface area contributed by atoms with Gasteiger partial charge in [0.15, 0.2) is 12.4 Å². The average Bonchev–Trinajstić information content (AvgIpc) is 3.10. The van der Waals surface area contributed by atoms with E-state index < -0.39 is 23.7 Å². The summed E-state index contributed by atoms with van der Waals surface area (Å²) in [4.78, 5) is 35.7. The molecule has 2 N–H and O–H groups in total. The normalized spacial score (nSPS) is 11.4. The first kappa shape index (κ1) is 22.3. The van der Waals surface area contributed by atoms with Crippen molar-refractivity contribution in [2.24, 2.45) is 0 Å². The quantitative estimate of drug-likeness (QED) is 0.562. The molecule has 2 amide bonds. The third-order valence-corrected chi connectivity index (χ3v) is 4.63. The van der Waals surface area contributed by atoms with Crippen molar-refractivity contribution in [3.63, 3.8) is 0 Å². The number of anilines is 2. The van der Waals surface area contributed by atoms with Crippen molar-refractivity contribution >= 4 is 41.1 Å². The van der Waals surface area contributed by atoms with E-state index in [2.05, 4.69) is 15.8 Å². The monoisotopic (exact) mass is 421 g/mol. The third-order valence-electron chi connectivity index (χ3n) is 3.51. The number of aromatic nitrogens is 1. The predicted molar refractivity (Wildman–Crippen MR) is 109 cm³/mol. The Hall–Kier alpha value is -3.01. The Bertz CT molecular complexity index is 837. The highest BCUT2D eigenvalue weighted by Gasteiger charge is 2.17. The lowest BCUT2D eigenvalue weighted by atomic mass is 10.3. The van der Waals surface area contributed by atoms with Gasteiger partial charge in [-0.2, -0.15) is 0 Å². The summed E-state index contributed by atoms with van der Waals surface area (Å²) in [5, 5.41) is 8.36. The van der Waals surface area contributed by atoms with Gasteiger partial charge in [-0.1, -0.05) is 5.16 Å². The summed E-state index contributed by atoms with van der Waals surface area (Å²) >= 11 is 1.09. The molecule has 1 aromatic heterocycles. The van der Waals surface area contributed by atoms with Gasteiger partial charge in [-0.25, -0.2) is 0 Å². The van der Waals surface area contributed by atoms with Crippen molar-refractivity contribution in [1.82, 2.24) is 5.16 Å². The summed E-state index contributed by atoms with van der Waals surface area (Å²) in [7, 11) is 0. The molecule has 0 saturated heterocycles. The molecule has 0 saturated carbocycles. The van der Waals surface area contributed by atoms with Crippen LogP contribution in [0.2, 0.25) is 0 Å². The average molecular weight is 421 g/mol. The number of aryl methyl sites for hydroxylation is 1. The number of amides is 2. The number of hydrogen-bond donors (Lipinski definition) is 2. The van der Waals surface area contributed by atoms with E-state index in [1.54, 1.807) is 44.2 Å². The number of carbonyl (C=O) groups excluding carboxylic acids is 3. The van der Waals surface area contributed by atoms with Gasteiger partial charge in [0.1, 0.15) is 11.5 Å². The fourth-order valence-electron chi connectivity index (χ4n) is 2.11. The van der Waals surface area contributed by atoms with Gasteiger partial charge in [0.25, 0.3) is 5.91 Å². The van der Waals surface area contributed by atoms with Crippen molar-refractivity contribution in [2.45, 2.75) is 26.0 Å². The van der Waals surface area contributed by atoms with Crippen LogP contribution in [0, 0.1) is 6.92 Å². The lowest BCUT2D eigenvalue weighted by molar-refractivity contribution is -0.144. The van der Waals surface area contributed by atoms with Crippen LogP contribution in [-0.4, -0.2) is 47.2 Å². The number of esters is 1. The van der Waals surface area contributed by atoms with Crippen LogP contribution in [0.25, 0.3) is 0 Å². The summed E-state index contributed by atoms with van der Waals surface area (Å²) in [6.45, 7) is 5.39. The molecule has 156 valence electrons. The minimum absolute atomic E-state index is 0.0667. The van der Waals surface area contributed by atoms with Gasteiger partial charge in [-0.15, -0.1) is 11.8 Å². The first-order chi connectivity index (χ1) is 13.9. The minimum Gasteiger partial charge on any atom is -0.494 e. The summed E-state index contributed by atoms with van der Waals surface area (Å²) in [6, 6.07) is 8.43. The van der Waals surface area contributed by atoms with Gasteiger partial charge >= 0.3 is 5.97 Å². The van der Waals surface area contributed by atoms with E-state index in [0.717, 1.165) is 11.8 Å². The van der Waals surface area contributed by atoms with Gasteiger partial charge in [0, 0.05) is 11.8 Å². The van der Waals surface area contributed by atoms with E-state index in [4.69, 9.17) is 14.0 Å². The number of ether oxygens (including phenoxy) is 2. The van der Waals surface area contributed by atoms with E-state index in [0.29, 0.717) is 29.6 Å². The van der Waals surface area contributed by atoms with Crippen LogP contribution >= 0.6 is 11.8 Å². The Morgan fingerprint density at radius 1 is 1.21 bits per heavy atom. The Morgan fingerprint density at radius 3 is 2.55 bits per heavy atom. The largest absolute Gasteiger partial charge is 0.494 e. The molecule has 0 aliphatic rings. The second kappa shape index (κ2) is 11.1. The van der Waals surface area contributed by atoms with Gasteiger partial charge in [0.2, 0.25) is 5.91 Å². The van der Waals surface area contributed by atoms with E-state index in [9.17, 15) is 14.4 Å². The molecule has 2 rings (SSSR count). The first-order valence-corrected chi connectivity index (χ1v) is 9.96. The lowest BCUT2D eigenvalue weighted by Crippen LogP contribution is -2.25. The highest BCUT2D eigenvalue weighted by atomic mass is 32.2. The van der Waals surface area contributed by atoms with Crippen molar-refractivity contribution in [3.8, 4) is 5.75 Å². The van der Waals surface area contributed by atoms with Crippen LogP contribution in [-0.2, 0) is 19.1 Å². The molecule has 0 aliphatic carbocycles. The van der Waals surface area contributed by atoms with Crippen LogP contribution in [0.15, 0.2) is 34.9 Å². The van der Waals surface area contributed by atoms with E-state index in [1.807, 2.05) is 6.92 Å². The van der Waals surface area contributed by atoms with Crippen LogP contribution in [0.1, 0.15) is 19.6 Å². The molecule has 0 spiro atoms. The number of hydrogen-bond acceptors (Lipinski definition) is 8. The highest BCUT2D eigenvalue weighted by molar-refractivity contribution is 8.01. The van der Waals surface area contributed by atoms with E-state index in [1.165, 1.54) is 0 Å². The Balaban J connectivity index is 1.66. The fraction of sp³-hybridized carbons (Fsp3) is 0.368. The van der Waals surface area contributed by atoms with Crippen LogP contribution < -0.4 is 15.4 Å². The lowest BCUT2D eigenvalue weighted by Gasteiger charge is -2.10. The molecule has 9 nitrogen and oxygen atoms in total. The zero-order chi connectivity index (χ0) is 21.2. The maximum Gasteiger partial charge on any atom is 0.316 e. The summed E-state index contributed by atoms with van der Waals surface area (Å²) in [5.74, 6) is 0.160. The smallest absolute Gasteiger partial charge is 0.316 e. The molecule has 0 radical (unpaired) electrons. The molecule has 0 fully saturated rings. The molecule has 1 heterocycles. The molecule has 2 aromatic rings. The highest BCUT2D eigenvalue weighted by Crippen LogP contribution is 2.16. The maximum atomic E-state index is 12.0. The second-order valence-corrected chi connectivity index (χ2v) is 7.26. The molecule has 0 unspecified atom stereocenters. The van der Waals surface area contributed by atoms with Crippen molar-refractivity contribution in [2.75, 3.05) is 29.6 Å². The number of thioether (sulfide) groups is 1. The molecule has 29 heavy (non-hydrogen) atoms. The van der Waals surface area contributed by atoms with Crippen molar-refractivity contribution in [3.05, 3.63) is 36.1 Å². The van der Waals surface area contributed by atoms with E-state index in [-0.39, 0.29) is 11.7 Å². The number of nitrogens with zero attached hydrogens (tertiary/aromatic N) is 1. The van der Waals surface area contributed by atoms with E-state index >= 15 is 0 Å².